The van der Waals surface area contributed by atoms with Crippen LogP contribution in [0, 0.1) is 25.2 Å². The Balaban J connectivity index is 0.000000151. The fourth-order valence-corrected chi connectivity index (χ4v) is 4.07. The van der Waals surface area contributed by atoms with Crippen molar-refractivity contribution in [3.63, 3.8) is 0 Å². The molecule has 0 N–H and O–H groups in total. The van der Waals surface area contributed by atoms with Gasteiger partial charge in [0.05, 0.1) is 17.6 Å². The Morgan fingerprint density at radius 3 is 2.73 bits per heavy atom. The van der Waals surface area contributed by atoms with Crippen molar-refractivity contribution in [2.45, 2.75) is 32.7 Å². The van der Waals surface area contributed by atoms with Crippen LogP contribution in [0.1, 0.15) is 29.8 Å². The minimum atomic E-state index is 0.443. The highest BCUT2D eigenvalue weighted by Gasteiger charge is 2.31. The molecular weight excluding hydrogens is 376 g/mol. The van der Waals surface area contributed by atoms with Gasteiger partial charge in [-0.05, 0) is 50.9 Å². The van der Waals surface area contributed by atoms with Crippen LogP contribution in [0.25, 0.3) is 5.69 Å². The summed E-state index contributed by atoms with van der Waals surface area (Å²) in [6, 6.07) is 10.9. The van der Waals surface area contributed by atoms with Crippen molar-refractivity contribution in [1.29, 1.82) is 5.26 Å². The van der Waals surface area contributed by atoms with Crippen LogP contribution in [-0.4, -0.2) is 62.1 Å². The molecule has 0 amide bonds. The third kappa shape index (κ3) is 4.47. The number of fused-ring (bicyclic) bond motifs is 1. The van der Waals surface area contributed by atoms with Crippen molar-refractivity contribution in [2.24, 2.45) is 0 Å². The summed E-state index contributed by atoms with van der Waals surface area (Å²) in [7, 11) is 0. The minimum Gasteiger partial charge on any atom is -0.351 e. The van der Waals surface area contributed by atoms with E-state index in [1.807, 2.05) is 25.3 Å². The molecular formula is C22H26N8. The van der Waals surface area contributed by atoms with Gasteiger partial charge in [0.2, 0.25) is 0 Å². The predicted molar refractivity (Wildman–Crippen MR) is 114 cm³/mol. The second kappa shape index (κ2) is 9.01. The summed E-state index contributed by atoms with van der Waals surface area (Å²) in [6.07, 6.45) is 7.71. The van der Waals surface area contributed by atoms with E-state index >= 15 is 0 Å². The molecule has 3 aromatic rings. The van der Waals surface area contributed by atoms with E-state index in [4.69, 9.17) is 5.26 Å². The summed E-state index contributed by atoms with van der Waals surface area (Å²) >= 11 is 0. The molecule has 1 aromatic carbocycles. The first-order valence-electron chi connectivity index (χ1n) is 10.3. The average molecular weight is 403 g/mol. The smallest absolute Gasteiger partial charge is 0.183 e. The Bertz CT molecular complexity index is 1040. The zero-order chi connectivity index (χ0) is 20.9. The number of nitriles is 1. The number of hydrogen-bond donors (Lipinski definition) is 0. The molecule has 0 spiro atoms. The van der Waals surface area contributed by atoms with Gasteiger partial charge in [-0.3, -0.25) is 4.90 Å². The predicted octanol–water partition coefficient (Wildman–Crippen LogP) is 2.52. The first-order chi connectivity index (χ1) is 14.6. The molecule has 1 atom stereocenters. The lowest BCUT2D eigenvalue weighted by molar-refractivity contribution is 0.230. The topological polar surface area (TPSA) is 86.8 Å². The van der Waals surface area contributed by atoms with Crippen molar-refractivity contribution < 1.29 is 0 Å². The SMILES string of the molecule is Cc1cccc(-n2cc(C)nn2)c1.N#Cc1nccnc1N1CCN2CCCC2C1. The van der Waals surface area contributed by atoms with Crippen molar-refractivity contribution >= 4 is 5.82 Å². The molecule has 2 saturated heterocycles. The fraction of sp³-hybridized carbons (Fsp3) is 0.409. The quantitative estimate of drug-likeness (QED) is 0.651. The van der Waals surface area contributed by atoms with Gasteiger partial charge in [-0.15, -0.1) is 5.10 Å². The fourth-order valence-electron chi connectivity index (χ4n) is 4.07. The van der Waals surface area contributed by atoms with E-state index in [0.717, 1.165) is 36.8 Å². The van der Waals surface area contributed by atoms with Gasteiger partial charge in [-0.25, -0.2) is 14.6 Å². The molecule has 8 nitrogen and oxygen atoms in total. The molecule has 8 heteroatoms. The van der Waals surface area contributed by atoms with Gasteiger partial charge in [0, 0.05) is 38.1 Å². The third-order valence-electron chi connectivity index (χ3n) is 5.55. The molecule has 2 aliphatic heterocycles. The van der Waals surface area contributed by atoms with E-state index in [1.165, 1.54) is 24.9 Å². The van der Waals surface area contributed by atoms with Crippen molar-refractivity contribution in [2.75, 3.05) is 31.1 Å². The summed E-state index contributed by atoms with van der Waals surface area (Å²) < 4.78 is 1.78. The largest absolute Gasteiger partial charge is 0.351 e. The third-order valence-corrected chi connectivity index (χ3v) is 5.55. The number of aromatic nitrogens is 5. The van der Waals surface area contributed by atoms with Crippen LogP contribution in [0.15, 0.2) is 42.9 Å². The Labute approximate surface area is 176 Å². The van der Waals surface area contributed by atoms with Crippen LogP contribution >= 0.6 is 0 Å². The molecule has 0 saturated carbocycles. The molecule has 0 aliphatic carbocycles. The molecule has 0 radical (unpaired) electrons. The van der Waals surface area contributed by atoms with Gasteiger partial charge in [0.1, 0.15) is 6.07 Å². The zero-order valence-corrected chi connectivity index (χ0v) is 17.4. The Morgan fingerprint density at radius 2 is 1.97 bits per heavy atom. The normalized spacial score (nSPS) is 18.3. The van der Waals surface area contributed by atoms with E-state index in [9.17, 15) is 0 Å². The molecule has 4 heterocycles. The highest BCUT2D eigenvalue weighted by Crippen LogP contribution is 2.25. The lowest BCUT2D eigenvalue weighted by Gasteiger charge is -2.38. The maximum Gasteiger partial charge on any atom is 0.183 e. The van der Waals surface area contributed by atoms with E-state index in [-0.39, 0.29) is 0 Å². The minimum absolute atomic E-state index is 0.443. The van der Waals surface area contributed by atoms with Gasteiger partial charge in [-0.2, -0.15) is 5.26 Å². The van der Waals surface area contributed by atoms with Crippen LogP contribution in [0.3, 0.4) is 0 Å². The standard InChI is InChI=1S/C12H15N5.C10H11N3/c13-8-11-12(15-4-3-14-11)17-7-6-16-5-1-2-10(16)9-17;1-8-4-3-5-10(6-8)13-7-9(2)11-12-13/h3-4,10H,1-2,5-7,9H2;3-7H,1-2H3. The van der Waals surface area contributed by atoms with Crippen LogP contribution in [0.5, 0.6) is 0 Å². The highest BCUT2D eigenvalue weighted by molar-refractivity contribution is 5.50. The summed E-state index contributed by atoms with van der Waals surface area (Å²) in [6.45, 7) is 8.22. The van der Waals surface area contributed by atoms with Crippen LogP contribution in [0.2, 0.25) is 0 Å². The van der Waals surface area contributed by atoms with E-state index in [2.05, 4.69) is 55.2 Å². The van der Waals surface area contributed by atoms with Gasteiger partial charge in [0.25, 0.3) is 0 Å². The molecule has 2 aliphatic rings. The summed E-state index contributed by atoms with van der Waals surface area (Å²) in [5, 5.41) is 17.0. The number of aryl methyl sites for hydroxylation is 2. The molecule has 1 unspecified atom stereocenters. The van der Waals surface area contributed by atoms with Crippen LogP contribution < -0.4 is 4.90 Å². The van der Waals surface area contributed by atoms with Gasteiger partial charge in [-0.1, -0.05) is 17.3 Å². The summed E-state index contributed by atoms with van der Waals surface area (Å²) in [5.41, 5.74) is 3.66. The summed E-state index contributed by atoms with van der Waals surface area (Å²) in [4.78, 5) is 13.1. The van der Waals surface area contributed by atoms with Gasteiger partial charge < -0.3 is 4.90 Å². The van der Waals surface area contributed by atoms with Gasteiger partial charge >= 0.3 is 0 Å². The number of hydrogen-bond acceptors (Lipinski definition) is 7. The molecule has 5 rings (SSSR count). The van der Waals surface area contributed by atoms with E-state index in [0.29, 0.717) is 11.7 Å². The van der Waals surface area contributed by atoms with Gasteiger partial charge in [0.15, 0.2) is 11.5 Å². The first kappa shape index (κ1) is 20.0. The monoisotopic (exact) mass is 402 g/mol. The number of piperazine rings is 1. The number of nitrogens with zero attached hydrogens (tertiary/aromatic N) is 8. The zero-order valence-electron chi connectivity index (χ0n) is 17.4. The first-order valence-corrected chi connectivity index (χ1v) is 10.3. The van der Waals surface area contributed by atoms with E-state index in [1.54, 1.807) is 17.1 Å². The highest BCUT2D eigenvalue weighted by atomic mass is 15.4. The Morgan fingerprint density at radius 1 is 1.10 bits per heavy atom. The van der Waals surface area contributed by atoms with Crippen molar-refractivity contribution in [3.8, 4) is 11.8 Å². The number of rotatable bonds is 2. The van der Waals surface area contributed by atoms with E-state index < -0.39 is 0 Å². The second-order valence-electron chi connectivity index (χ2n) is 7.76. The second-order valence-corrected chi connectivity index (χ2v) is 7.76. The van der Waals surface area contributed by atoms with Crippen molar-refractivity contribution in [1.82, 2.24) is 29.9 Å². The maximum atomic E-state index is 9.05. The maximum absolute atomic E-state index is 9.05. The Hall–Kier alpha value is -3.31. The Kier molecular flexibility index (Phi) is 6.00. The van der Waals surface area contributed by atoms with Crippen molar-refractivity contribution in [3.05, 3.63) is 59.8 Å². The molecule has 154 valence electrons. The summed E-state index contributed by atoms with van der Waals surface area (Å²) in [5.74, 6) is 0.751. The lowest BCUT2D eigenvalue weighted by Crippen LogP contribution is -2.50. The molecule has 30 heavy (non-hydrogen) atoms. The molecule has 2 aromatic heterocycles. The van der Waals surface area contributed by atoms with Crippen LogP contribution in [-0.2, 0) is 0 Å². The molecule has 2 fully saturated rings. The average Bonchev–Trinajstić information content (AvgIpc) is 3.42. The lowest BCUT2D eigenvalue weighted by atomic mass is 10.1. The number of benzene rings is 1. The molecule has 0 bridgehead atoms. The number of anilines is 1. The van der Waals surface area contributed by atoms with Crippen LogP contribution in [0.4, 0.5) is 5.82 Å².